The first-order valence-electron chi connectivity index (χ1n) is 11.9. The predicted molar refractivity (Wildman–Crippen MR) is 142 cm³/mol. The number of pyridine rings is 2. The zero-order valence-electron chi connectivity index (χ0n) is 20.5. The van der Waals surface area contributed by atoms with Gasteiger partial charge in [-0.25, -0.2) is 0 Å². The molecule has 0 aliphatic rings. The third-order valence-electron chi connectivity index (χ3n) is 6.22. The van der Waals surface area contributed by atoms with E-state index in [0.29, 0.717) is 12.1 Å². The normalized spacial score (nSPS) is 11.9. The van der Waals surface area contributed by atoms with Crippen molar-refractivity contribution in [2.24, 2.45) is 0 Å². The highest BCUT2D eigenvalue weighted by Crippen LogP contribution is 2.37. The molecule has 4 aromatic rings. The van der Waals surface area contributed by atoms with Gasteiger partial charge in [0.2, 0.25) is 0 Å². The Labute approximate surface area is 210 Å². The van der Waals surface area contributed by atoms with Gasteiger partial charge in [-0.3, -0.25) is 14.3 Å². The molecular formula is C27H30N2O4S2. The van der Waals surface area contributed by atoms with Crippen LogP contribution in [0.5, 0.6) is 0 Å². The third kappa shape index (κ3) is 5.10. The molecule has 3 aromatic heterocycles. The van der Waals surface area contributed by atoms with Gasteiger partial charge < -0.3 is 4.57 Å². The molecular weight excluding hydrogens is 480 g/mol. The number of benzene rings is 1. The summed E-state index contributed by atoms with van der Waals surface area (Å²) in [5, 5.41) is 0.983. The third-order valence-corrected chi connectivity index (χ3v) is 8.78. The molecule has 0 fully saturated rings. The maximum Gasteiger partial charge on any atom is 0.304 e. The van der Waals surface area contributed by atoms with Crippen LogP contribution in [0.1, 0.15) is 54.6 Å². The highest BCUT2D eigenvalue weighted by atomic mass is 32.3. The summed E-state index contributed by atoms with van der Waals surface area (Å²) in [6.07, 6.45) is 3.21. The maximum atomic E-state index is 12.9. The van der Waals surface area contributed by atoms with Crippen LogP contribution >= 0.6 is 11.3 Å². The molecule has 0 unspecified atom stereocenters. The van der Waals surface area contributed by atoms with Crippen molar-refractivity contribution in [1.82, 2.24) is 9.55 Å². The first-order chi connectivity index (χ1) is 16.7. The van der Waals surface area contributed by atoms with Crippen LogP contribution in [0.4, 0.5) is 0 Å². The summed E-state index contributed by atoms with van der Waals surface area (Å²) in [6.45, 7) is 8.46. The fourth-order valence-electron chi connectivity index (χ4n) is 4.51. The molecule has 1 aromatic carbocycles. The van der Waals surface area contributed by atoms with E-state index in [-0.39, 0.29) is 9.77 Å². The van der Waals surface area contributed by atoms with Crippen LogP contribution in [0.3, 0.4) is 0 Å². The Kier molecular flexibility index (Phi) is 7.26. The minimum absolute atomic E-state index is 0.0197. The first-order valence-corrected chi connectivity index (χ1v) is 14.1. The van der Waals surface area contributed by atoms with Gasteiger partial charge in [0.25, 0.3) is 5.56 Å². The second-order valence-electron chi connectivity index (χ2n) is 8.75. The number of hydrogen-bond acceptors (Lipinski definition) is 5. The van der Waals surface area contributed by atoms with Crippen LogP contribution in [-0.2, 0) is 35.9 Å². The lowest BCUT2D eigenvalue weighted by molar-refractivity contribution is 0.486. The summed E-state index contributed by atoms with van der Waals surface area (Å²) in [4.78, 5) is 18.5. The molecule has 8 heteroatoms. The maximum absolute atomic E-state index is 12.9. The summed E-state index contributed by atoms with van der Waals surface area (Å²) >= 11 is 1.12. The summed E-state index contributed by atoms with van der Waals surface area (Å²) in [5.41, 5.74) is 5.84. The van der Waals surface area contributed by atoms with E-state index in [1.807, 2.05) is 50.2 Å². The second kappa shape index (κ2) is 10.0. The van der Waals surface area contributed by atoms with E-state index >= 15 is 0 Å². The van der Waals surface area contributed by atoms with Gasteiger partial charge in [0.1, 0.15) is 0 Å². The number of thiophene rings is 1. The van der Waals surface area contributed by atoms with Gasteiger partial charge in [-0.15, -0.1) is 11.3 Å². The molecule has 4 rings (SSSR count). The van der Waals surface area contributed by atoms with E-state index in [1.54, 1.807) is 10.6 Å². The minimum Gasteiger partial charge on any atom is -0.304 e. The zero-order valence-corrected chi connectivity index (χ0v) is 22.1. The van der Waals surface area contributed by atoms with Gasteiger partial charge in [0.05, 0.1) is 12.1 Å². The lowest BCUT2D eigenvalue weighted by Crippen LogP contribution is -2.21. The molecule has 1 N–H and O–H groups in total. The second-order valence-corrected chi connectivity index (χ2v) is 11.5. The summed E-state index contributed by atoms with van der Waals surface area (Å²) in [7, 11) is -4.33. The summed E-state index contributed by atoms with van der Waals surface area (Å²) < 4.78 is 35.7. The van der Waals surface area contributed by atoms with Crippen LogP contribution in [0.2, 0.25) is 0 Å². The molecule has 0 radical (unpaired) electrons. The summed E-state index contributed by atoms with van der Waals surface area (Å²) in [6, 6.07) is 13.1. The average Bonchev–Trinajstić information content (AvgIpc) is 3.24. The van der Waals surface area contributed by atoms with Crippen LogP contribution < -0.4 is 5.56 Å². The van der Waals surface area contributed by atoms with Crippen molar-refractivity contribution in [1.29, 1.82) is 0 Å². The van der Waals surface area contributed by atoms with E-state index in [0.717, 1.165) is 80.9 Å². The van der Waals surface area contributed by atoms with E-state index in [4.69, 9.17) is 4.98 Å². The number of nitrogens with zero attached hydrogens (tertiary/aromatic N) is 2. The predicted octanol–water partition coefficient (Wildman–Crippen LogP) is 5.81. The van der Waals surface area contributed by atoms with Gasteiger partial charge in [-0.1, -0.05) is 45.4 Å². The van der Waals surface area contributed by atoms with Gasteiger partial charge in [0, 0.05) is 33.3 Å². The molecule has 0 amide bonds. The van der Waals surface area contributed by atoms with Crippen molar-refractivity contribution in [2.45, 2.75) is 64.1 Å². The van der Waals surface area contributed by atoms with Gasteiger partial charge in [-0.2, -0.15) is 8.42 Å². The Balaban J connectivity index is 1.79. The molecule has 0 saturated heterocycles. The molecule has 0 atom stereocenters. The highest BCUT2D eigenvalue weighted by Gasteiger charge is 2.22. The minimum atomic E-state index is -4.33. The van der Waals surface area contributed by atoms with Crippen molar-refractivity contribution in [3.05, 3.63) is 80.2 Å². The number of fused-ring (bicyclic) bond motifs is 1. The number of rotatable bonds is 8. The summed E-state index contributed by atoms with van der Waals surface area (Å²) in [5.74, 6) is 0. The van der Waals surface area contributed by atoms with Gasteiger partial charge >= 0.3 is 10.1 Å². The lowest BCUT2D eigenvalue weighted by Gasteiger charge is -2.15. The molecule has 0 spiro atoms. The van der Waals surface area contributed by atoms with Crippen LogP contribution in [0.15, 0.2) is 51.5 Å². The van der Waals surface area contributed by atoms with E-state index in [1.165, 1.54) is 0 Å². The zero-order chi connectivity index (χ0) is 25.3. The van der Waals surface area contributed by atoms with E-state index in [9.17, 15) is 17.8 Å². The standard InChI is InChI=1S/C27H30N2O4S2/c1-5-8-20-15-23(27(34-20)35(31,32)33)21-10-9-18(13-17(21)4)16-29-25-14-19(6-2)28-24(7-3)22(25)11-12-26(29)30/h9-15H,5-8,16H2,1-4H3,(H,31,32,33). The van der Waals surface area contributed by atoms with Crippen molar-refractivity contribution >= 4 is 32.4 Å². The van der Waals surface area contributed by atoms with Crippen molar-refractivity contribution in [3.8, 4) is 11.1 Å². The molecule has 0 saturated carbocycles. The SMILES string of the molecule is CCCc1cc(-c2ccc(Cn3c(=O)ccc4c(CC)nc(CC)cc43)cc2C)c(S(=O)(=O)O)s1. The van der Waals surface area contributed by atoms with Gasteiger partial charge in [-0.05, 0) is 61.1 Å². The van der Waals surface area contributed by atoms with E-state index < -0.39 is 10.1 Å². The number of aromatic nitrogens is 2. The Hall–Kier alpha value is -2.81. The monoisotopic (exact) mass is 510 g/mol. The van der Waals surface area contributed by atoms with Crippen molar-refractivity contribution < 1.29 is 13.0 Å². The average molecular weight is 511 g/mol. The molecule has 0 aliphatic carbocycles. The molecule has 0 bridgehead atoms. The van der Waals surface area contributed by atoms with Crippen molar-refractivity contribution in [3.63, 3.8) is 0 Å². The Morgan fingerprint density at radius 2 is 1.77 bits per heavy atom. The Morgan fingerprint density at radius 1 is 1.00 bits per heavy atom. The number of hydrogen-bond donors (Lipinski definition) is 1. The Bertz CT molecular complexity index is 1570. The van der Waals surface area contributed by atoms with Gasteiger partial charge in [0.15, 0.2) is 4.21 Å². The van der Waals surface area contributed by atoms with Crippen LogP contribution in [-0.4, -0.2) is 22.5 Å². The smallest absolute Gasteiger partial charge is 0.304 e. The fraction of sp³-hybridized carbons (Fsp3) is 0.333. The van der Waals surface area contributed by atoms with E-state index in [2.05, 4.69) is 13.8 Å². The van der Waals surface area contributed by atoms with Crippen LogP contribution in [0, 0.1) is 6.92 Å². The first kappa shape index (κ1) is 25.3. The lowest BCUT2D eigenvalue weighted by atomic mass is 9.99. The fourth-order valence-corrected chi connectivity index (χ4v) is 6.70. The molecule has 6 nitrogen and oxygen atoms in total. The van der Waals surface area contributed by atoms with Crippen molar-refractivity contribution in [2.75, 3.05) is 0 Å². The molecule has 3 heterocycles. The molecule has 35 heavy (non-hydrogen) atoms. The Morgan fingerprint density at radius 3 is 2.40 bits per heavy atom. The molecule has 0 aliphatic heterocycles. The topological polar surface area (TPSA) is 89.3 Å². The molecule has 184 valence electrons. The largest absolute Gasteiger partial charge is 0.304 e. The van der Waals surface area contributed by atoms with Crippen LogP contribution in [0.25, 0.3) is 22.0 Å². The highest BCUT2D eigenvalue weighted by molar-refractivity contribution is 7.88. The number of aryl methyl sites for hydroxylation is 4. The quantitative estimate of drug-likeness (QED) is 0.302.